The first-order chi connectivity index (χ1) is 7.68. The average Bonchev–Trinajstić information content (AvgIpc) is 2.86. The van der Waals surface area contributed by atoms with Crippen LogP contribution in [0.25, 0.3) is 0 Å². The van der Waals surface area contributed by atoms with Gasteiger partial charge in [-0.2, -0.15) is 5.10 Å². The van der Waals surface area contributed by atoms with Crippen molar-refractivity contribution >= 4 is 21.7 Å². The van der Waals surface area contributed by atoms with Gasteiger partial charge in [-0.05, 0) is 35.2 Å². The van der Waals surface area contributed by atoms with Gasteiger partial charge in [0.05, 0.1) is 16.8 Å². The van der Waals surface area contributed by atoms with Gasteiger partial charge in [0.15, 0.2) is 5.78 Å². The molecule has 1 unspecified atom stereocenters. The first kappa shape index (κ1) is 11.8. The molecule has 1 aromatic rings. The minimum Gasteiger partial charge on any atom is -0.378 e. The van der Waals surface area contributed by atoms with Crippen LogP contribution in [-0.4, -0.2) is 28.3 Å². The number of ether oxygens (including phenoxy) is 1. The molecule has 1 aromatic heterocycles. The molecule has 0 aromatic carbocycles. The molecule has 2 rings (SSSR count). The van der Waals surface area contributed by atoms with Gasteiger partial charge in [0, 0.05) is 20.1 Å². The Labute approximate surface area is 103 Å². The molecular weight excluding hydrogens is 272 g/mol. The highest BCUT2D eigenvalue weighted by atomic mass is 79.9. The largest absolute Gasteiger partial charge is 0.378 e. The summed E-state index contributed by atoms with van der Waals surface area (Å²) in [7, 11) is 1.78. The molecule has 1 fully saturated rings. The Balaban J connectivity index is 1.92. The second-order valence-corrected chi connectivity index (χ2v) is 4.92. The molecule has 1 saturated heterocycles. The Morgan fingerprint density at radius 3 is 3.12 bits per heavy atom. The Morgan fingerprint density at radius 2 is 2.56 bits per heavy atom. The number of Topliss-reactive ketones (excluding diaryl/α,β-unsaturated/α-hetero) is 1. The average molecular weight is 287 g/mol. The van der Waals surface area contributed by atoms with E-state index in [1.807, 2.05) is 0 Å². The van der Waals surface area contributed by atoms with Crippen molar-refractivity contribution in [2.45, 2.75) is 31.8 Å². The summed E-state index contributed by atoms with van der Waals surface area (Å²) < 4.78 is 7.88. The number of carbonyl (C=O) groups is 1. The van der Waals surface area contributed by atoms with E-state index in [0.29, 0.717) is 12.1 Å². The van der Waals surface area contributed by atoms with E-state index in [4.69, 9.17) is 4.74 Å². The van der Waals surface area contributed by atoms with Gasteiger partial charge in [-0.15, -0.1) is 0 Å². The van der Waals surface area contributed by atoms with Gasteiger partial charge >= 0.3 is 0 Å². The second-order valence-electron chi connectivity index (χ2n) is 4.06. The molecule has 0 saturated carbocycles. The fourth-order valence-corrected chi connectivity index (χ4v) is 2.58. The van der Waals surface area contributed by atoms with E-state index >= 15 is 0 Å². The molecule has 0 radical (unpaired) electrons. The van der Waals surface area contributed by atoms with Crippen molar-refractivity contribution in [3.63, 3.8) is 0 Å². The van der Waals surface area contributed by atoms with Crippen LogP contribution in [0.2, 0.25) is 0 Å². The van der Waals surface area contributed by atoms with Gasteiger partial charge in [0.1, 0.15) is 5.69 Å². The number of carbonyl (C=O) groups excluding carboxylic acids is 1. The minimum absolute atomic E-state index is 0.127. The van der Waals surface area contributed by atoms with Crippen molar-refractivity contribution < 1.29 is 9.53 Å². The maximum Gasteiger partial charge on any atom is 0.182 e. The van der Waals surface area contributed by atoms with E-state index in [0.717, 1.165) is 30.3 Å². The fraction of sp³-hybridized carbons (Fsp3) is 0.636. The van der Waals surface area contributed by atoms with Gasteiger partial charge in [-0.1, -0.05) is 0 Å². The van der Waals surface area contributed by atoms with Crippen molar-refractivity contribution in [1.82, 2.24) is 9.78 Å². The van der Waals surface area contributed by atoms with Crippen LogP contribution in [0.15, 0.2) is 10.7 Å². The number of ketones is 1. The molecule has 0 bridgehead atoms. The predicted octanol–water partition coefficient (Wildman–Crippen LogP) is 2.32. The first-order valence-corrected chi connectivity index (χ1v) is 6.30. The quantitative estimate of drug-likeness (QED) is 0.798. The Bertz CT molecular complexity index is 364. The molecule has 1 aliphatic heterocycles. The van der Waals surface area contributed by atoms with Gasteiger partial charge in [-0.3, -0.25) is 9.48 Å². The van der Waals surface area contributed by atoms with Crippen LogP contribution in [0.1, 0.15) is 36.2 Å². The Hall–Kier alpha value is -0.680. The van der Waals surface area contributed by atoms with Crippen LogP contribution in [0, 0.1) is 0 Å². The lowest BCUT2D eigenvalue weighted by atomic mass is 10.1. The molecule has 1 aliphatic rings. The summed E-state index contributed by atoms with van der Waals surface area (Å²) in [5, 5.41) is 4.03. The highest BCUT2D eigenvalue weighted by molar-refractivity contribution is 9.10. The zero-order chi connectivity index (χ0) is 11.5. The standard InChI is InChI=1S/C11H15BrN2O2/c1-14-11(9(12)7-13-14)10(15)5-4-8-3-2-6-16-8/h7-8H,2-6H2,1H3. The van der Waals surface area contributed by atoms with E-state index in [1.54, 1.807) is 17.9 Å². The van der Waals surface area contributed by atoms with Gasteiger partial charge in [0.2, 0.25) is 0 Å². The van der Waals surface area contributed by atoms with E-state index in [2.05, 4.69) is 21.0 Å². The number of halogens is 1. The van der Waals surface area contributed by atoms with Crippen molar-refractivity contribution in [3.8, 4) is 0 Å². The van der Waals surface area contributed by atoms with E-state index in [-0.39, 0.29) is 11.9 Å². The topological polar surface area (TPSA) is 44.1 Å². The summed E-state index contributed by atoms with van der Waals surface area (Å²) in [5.74, 6) is 0.127. The fourth-order valence-electron chi connectivity index (χ4n) is 2.01. The Kier molecular flexibility index (Phi) is 3.76. The summed E-state index contributed by atoms with van der Waals surface area (Å²) in [6.07, 6.45) is 5.48. The molecule has 88 valence electrons. The number of hydrogen-bond acceptors (Lipinski definition) is 3. The van der Waals surface area contributed by atoms with Crippen molar-refractivity contribution in [1.29, 1.82) is 0 Å². The van der Waals surface area contributed by atoms with E-state index in [1.165, 1.54) is 0 Å². The molecule has 5 heteroatoms. The number of aryl methyl sites for hydroxylation is 1. The predicted molar refractivity (Wildman–Crippen MR) is 63.4 cm³/mol. The SMILES string of the molecule is Cn1ncc(Br)c1C(=O)CCC1CCCO1. The summed E-state index contributed by atoms with van der Waals surface area (Å²) >= 11 is 3.34. The molecule has 0 amide bonds. The maximum atomic E-state index is 12.0. The zero-order valence-corrected chi connectivity index (χ0v) is 10.9. The van der Waals surface area contributed by atoms with Gasteiger partial charge < -0.3 is 4.74 Å². The van der Waals surface area contributed by atoms with Gasteiger partial charge in [-0.25, -0.2) is 0 Å². The lowest BCUT2D eigenvalue weighted by Crippen LogP contribution is -2.12. The molecule has 0 aliphatic carbocycles. The second kappa shape index (κ2) is 5.10. The summed E-state index contributed by atoms with van der Waals surface area (Å²) in [5.41, 5.74) is 0.651. The molecule has 1 atom stereocenters. The van der Waals surface area contributed by atoms with Crippen molar-refractivity contribution in [2.75, 3.05) is 6.61 Å². The zero-order valence-electron chi connectivity index (χ0n) is 9.28. The van der Waals surface area contributed by atoms with Crippen LogP contribution in [0.5, 0.6) is 0 Å². The minimum atomic E-state index is 0.127. The number of rotatable bonds is 4. The third-order valence-electron chi connectivity index (χ3n) is 2.88. The normalized spacial score (nSPS) is 20.2. The van der Waals surface area contributed by atoms with Crippen LogP contribution < -0.4 is 0 Å². The highest BCUT2D eigenvalue weighted by Crippen LogP contribution is 2.21. The smallest absolute Gasteiger partial charge is 0.182 e. The van der Waals surface area contributed by atoms with Crippen LogP contribution >= 0.6 is 15.9 Å². The van der Waals surface area contributed by atoms with Crippen LogP contribution in [0.3, 0.4) is 0 Å². The third kappa shape index (κ3) is 2.52. The summed E-state index contributed by atoms with van der Waals surface area (Å²) in [4.78, 5) is 12.0. The van der Waals surface area contributed by atoms with E-state index in [9.17, 15) is 4.79 Å². The first-order valence-electron chi connectivity index (χ1n) is 5.51. The van der Waals surface area contributed by atoms with Crippen molar-refractivity contribution in [3.05, 3.63) is 16.4 Å². The summed E-state index contributed by atoms with van der Waals surface area (Å²) in [6, 6.07) is 0. The van der Waals surface area contributed by atoms with Gasteiger partial charge in [0.25, 0.3) is 0 Å². The lowest BCUT2D eigenvalue weighted by Gasteiger charge is -2.08. The lowest BCUT2D eigenvalue weighted by molar-refractivity contribution is 0.0852. The molecule has 4 nitrogen and oxygen atoms in total. The van der Waals surface area contributed by atoms with Crippen LogP contribution in [-0.2, 0) is 11.8 Å². The molecule has 16 heavy (non-hydrogen) atoms. The molecular formula is C11H15BrN2O2. The van der Waals surface area contributed by atoms with Crippen LogP contribution in [0.4, 0.5) is 0 Å². The maximum absolute atomic E-state index is 12.0. The summed E-state index contributed by atoms with van der Waals surface area (Å²) in [6.45, 7) is 0.842. The monoisotopic (exact) mass is 286 g/mol. The third-order valence-corrected chi connectivity index (χ3v) is 3.46. The number of hydrogen-bond donors (Lipinski definition) is 0. The highest BCUT2D eigenvalue weighted by Gasteiger charge is 2.20. The van der Waals surface area contributed by atoms with Crippen molar-refractivity contribution in [2.24, 2.45) is 7.05 Å². The molecule has 0 spiro atoms. The number of aromatic nitrogens is 2. The molecule has 0 N–H and O–H groups in total. The van der Waals surface area contributed by atoms with E-state index < -0.39 is 0 Å². The number of nitrogens with zero attached hydrogens (tertiary/aromatic N) is 2. The Morgan fingerprint density at radius 1 is 1.75 bits per heavy atom. The molecule has 2 heterocycles.